The summed E-state index contributed by atoms with van der Waals surface area (Å²) in [6.07, 6.45) is 8.15. The zero-order chi connectivity index (χ0) is 6.86. The minimum Gasteiger partial charge on any atom is -0.236 e. The Bertz CT molecular complexity index is 108. The third kappa shape index (κ3) is 1.06. The minimum absolute atomic E-state index is 0.120. The Morgan fingerprint density at radius 1 is 1.10 bits per heavy atom. The van der Waals surface area contributed by atoms with Gasteiger partial charge in [-0.2, -0.15) is 0 Å². The van der Waals surface area contributed by atoms with E-state index in [1.807, 2.05) is 0 Å². The van der Waals surface area contributed by atoms with Crippen molar-refractivity contribution in [2.24, 2.45) is 0 Å². The van der Waals surface area contributed by atoms with Gasteiger partial charge >= 0.3 is 0 Å². The molecule has 2 heteroatoms. The second-order valence-corrected chi connectivity index (χ2v) is 3.20. The van der Waals surface area contributed by atoms with E-state index in [0.717, 1.165) is 25.9 Å². The molecule has 0 aromatic carbocycles. The highest BCUT2D eigenvalue weighted by Crippen LogP contribution is 2.37. The Balaban J connectivity index is 1.98. The standard InChI is InChI=1S/C8H13O2/c1-2-4-8(5-3-1)6-7-9-10-8/h1H,2-7H2. The fourth-order valence-corrected chi connectivity index (χ4v) is 1.77. The summed E-state index contributed by atoms with van der Waals surface area (Å²) in [6.45, 7) is 0.792. The lowest BCUT2D eigenvalue weighted by Gasteiger charge is -2.29. The molecule has 1 spiro atoms. The average Bonchev–Trinajstić information content (AvgIpc) is 2.39. The summed E-state index contributed by atoms with van der Waals surface area (Å²) < 4.78 is 0. The molecule has 0 atom stereocenters. The maximum absolute atomic E-state index is 5.26. The first-order valence-electron chi connectivity index (χ1n) is 4.04. The summed E-state index contributed by atoms with van der Waals surface area (Å²) in [5.74, 6) is 0. The molecule has 0 amide bonds. The van der Waals surface area contributed by atoms with Crippen molar-refractivity contribution in [3.63, 3.8) is 0 Å². The molecule has 1 aliphatic heterocycles. The van der Waals surface area contributed by atoms with Crippen LogP contribution in [-0.2, 0) is 9.78 Å². The van der Waals surface area contributed by atoms with Crippen molar-refractivity contribution >= 4 is 0 Å². The topological polar surface area (TPSA) is 18.5 Å². The fraction of sp³-hybridized carbons (Fsp3) is 0.875. The van der Waals surface area contributed by atoms with Gasteiger partial charge in [-0.25, -0.2) is 9.78 Å². The molecular formula is C8H13O2. The molecule has 1 radical (unpaired) electrons. The summed E-state index contributed by atoms with van der Waals surface area (Å²) in [7, 11) is 0. The molecule has 0 bridgehead atoms. The van der Waals surface area contributed by atoms with Crippen LogP contribution in [0.4, 0.5) is 0 Å². The van der Waals surface area contributed by atoms with E-state index in [0.29, 0.717) is 0 Å². The molecular weight excluding hydrogens is 128 g/mol. The zero-order valence-electron chi connectivity index (χ0n) is 6.14. The van der Waals surface area contributed by atoms with Crippen LogP contribution in [0.15, 0.2) is 0 Å². The fourth-order valence-electron chi connectivity index (χ4n) is 1.77. The van der Waals surface area contributed by atoms with Crippen molar-refractivity contribution in [1.82, 2.24) is 0 Å². The molecule has 0 aromatic heterocycles. The van der Waals surface area contributed by atoms with Crippen LogP contribution in [0.2, 0.25) is 0 Å². The van der Waals surface area contributed by atoms with Crippen LogP contribution in [0.5, 0.6) is 0 Å². The number of hydrogen-bond donors (Lipinski definition) is 0. The third-order valence-electron chi connectivity index (χ3n) is 2.48. The van der Waals surface area contributed by atoms with Gasteiger partial charge in [0.25, 0.3) is 0 Å². The summed E-state index contributed by atoms with van der Waals surface area (Å²) in [5.41, 5.74) is 0.120. The molecule has 1 heterocycles. The van der Waals surface area contributed by atoms with Crippen molar-refractivity contribution in [2.45, 2.75) is 37.7 Å². The van der Waals surface area contributed by atoms with E-state index in [1.54, 1.807) is 0 Å². The maximum atomic E-state index is 5.26. The molecule has 57 valence electrons. The normalized spacial score (nSPS) is 31.2. The second-order valence-electron chi connectivity index (χ2n) is 3.20. The lowest BCUT2D eigenvalue weighted by atomic mass is 9.83. The summed E-state index contributed by atoms with van der Waals surface area (Å²) >= 11 is 0. The van der Waals surface area contributed by atoms with Crippen LogP contribution in [0.3, 0.4) is 0 Å². The first kappa shape index (κ1) is 6.62. The van der Waals surface area contributed by atoms with Gasteiger partial charge in [0.1, 0.15) is 5.60 Å². The van der Waals surface area contributed by atoms with Gasteiger partial charge in [-0.05, 0) is 32.1 Å². The smallest absolute Gasteiger partial charge is 0.106 e. The first-order chi connectivity index (χ1) is 4.91. The number of rotatable bonds is 0. The first-order valence-corrected chi connectivity index (χ1v) is 4.04. The van der Waals surface area contributed by atoms with Gasteiger partial charge in [0.15, 0.2) is 0 Å². The highest BCUT2D eigenvalue weighted by atomic mass is 17.2. The SMILES string of the molecule is [CH]1CCC2(CC1)CCOO2. The molecule has 1 aliphatic carbocycles. The summed E-state index contributed by atoms with van der Waals surface area (Å²) in [5, 5.41) is 0. The molecule has 2 fully saturated rings. The molecule has 2 aliphatic rings. The molecule has 0 N–H and O–H groups in total. The lowest BCUT2D eigenvalue weighted by molar-refractivity contribution is -0.313. The van der Waals surface area contributed by atoms with Crippen molar-refractivity contribution < 1.29 is 9.78 Å². The van der Waals surface area contributed by atoms with Crippen molar-refractivity contribution in [2.75, 3.05) is 6.61 Å². The van der Waals surface area contributed by atoms with Crippen LogP contribution >= 0.6 is 0 Å². The molecule has 10 heavy (non-hydrogen) atoms. The Morgan fingerprint density at radius 2 is 1.90 bits per heavy atom. The van der Waals surface area contributed by atoms with E-state index in [-0.39, 0.29) is 5.60 Å². The van der Waals surface area contributed by atoms with E-state index in [2.05, 4.69) is 6.42 Å². The zero-order valence-corrected chi connectivity index (χ0v) is 6.14. The largest absolute Gasteiger partial charge is 0.236 e. The maximum Gasteiger partial charge on any atom is 0.106 e. The van der Waals surface area contributed by atoms with Crippen molar-refractivity contribution in [3.05, 3.63) is 6.42 Å². The molecule has 0 aromatic rings. The highest BCUT2D eigenvalue weighted by molar-refractivity contribution is 4.90. The van der Waals surface area contributed by atoms with Gasteiger partial charge in [-0.1, -0.05) is 0 Å². The molecule has 0 unspecified atom stereocenters. The van der Waals surface area contributed by atoms with Gasteiger partial charge in [-0.3, -0.25) is 0 Å². The third-order valence-corrected chi connectivity index (χ3v) is 2.48. The van der Waals surface area contributed by atoms with E-state index in [9.17, 15) is 0 Å². The van der Waals surface area contributed by atoms with Gasteiger partial charge < -0.3 is 0 Å². The molecule has 1 saturated carbocycles. The van der Waals surface area contributed by atoms with Crippen LogP contribution < -0.4 is 0 Å². The van der Waals surface area contributed by atoms with Crippen LogP contribution in [0.1, 0.15) is 32.1 Å². The van der Waals surface area contributed by atoms with Crippen molar-refractivity contribution in [1.29, 1.82) is 0 Å². The van der Waals surface area contributed by atoms with E-state index >= 15 is 0 Å². The van der Waals surface area contributed by atoms with E-state index in [4.69, 9.17) is 9.78 Å². The Labute approximate surface area is 61.4 Å². The predicted molar refractivity (Wildman–Crippen MR) is 37.2 cm³/mol. The highest BCUT2D eigenvalue weighted by Gasteiger charge is 2.37. The van der Waals surface area contributed by atoms with Gasteiger partial charge in [0, 0.05) is 6.42 Å². The summed E-state index contributed by atoms with van der Waals surface area (Å²) in [4.78, 5) is 10.2. The van der Waals surface area contributed by atoms with E-state index in [1.165, 1.54) is 12.8 Å². The van der Waals surface area contributed by atoms with Crippen LogP contribution in [0.25, 0.3) is 0 Å². The molecule has 2 rings (SSSR count). The molecule has 1 saturated heterocycles. The monoisotopic (exact) mass is 141 g/mol. The van der Waals surface area contributed by atoms with Gasteiger partial charge in [-0.15, -0.1) is 0 Å². The average molecular weight is 141 g/mol. The van der Waals surface area contributed by atoms with Crippen LogP contribution in [0, 0.1) is 6.42 Å². The van der Waals surface area contributed by atoms with Gasteiger partial charge in [0.2, 0.25) is 0 Å². The quantitative estimate of drug-likeness (QED) is 0.479. The lowest BCUT2D eigenvalue weighted by Crippen LogP contribution is -2.30. The minimum atomic E-state index is 0.120. The van der Waals surface area contributed by atoms with Gasteiger partial charge in [0.05, 0.1) is 6.61 Å². The van der Waals surface area contributed by atoms with E-state index < -0.39 is 0 Å². The molecule has 2 nitrogen and oxygen atoms in total. The van der Waals surface area contributed by atoms with Crippen LogP contribution in [-0.4, -0.2) is 12.2 Å². The number of hydrogen-bond acceptors (Lipinski definition) is 2. The van der Waals surface area contributed by atoms with Crippen molar-refractivity contribution in [3.8, 4) is 0 Å². The Hall–Kier alpha value is -0.0800. The Kier molecular flexibility index (Phi) is 1.66. The predicted octanol–water partition coefficient (Wildman–Crippen LogP) is 1.86. The Morgan fingerprint density at radius 3 is 2.50 bits per heavy atom. The summed E-state index contributed by atoms with van der Waals surface area (Å²) in [6, 6.07) is 0. The second kappa shape index (κ2) is 2.51.